The van der Waals surface area contributed by atoms with Crippen LogP contribution in [0, 0.1) is 6.92 Å². The first-order chi connectivity index (χ1) is 13.9. The summed E-state index contributed by atoms with van der Waals surface area (Å²) < 4.78 is 21.9. The van der Waals surface area contributed by atoms with Gasteiger partial charge in [0.05, 0.1) is 27.9 Å². The summed E-state index contributed by atoms with van der Waals surface area (Å²) in [5.41, 5.74) is 4.50. The van der Waals surface area contributed by atoms with Gasteiger partial charge in [0, 0.05) is 29.5 Å². The van der Waals surface area contributed by atoms with E-state index in [-0.39, 0.29) is 0 Å². The van der Waals surface area contributed by atoms with E-state index in [4.69, 9.17) is 18.9 Å². The minimum atomic E-state index is -0.739. The molecule has 0 fully saturated rings. The van der Waals surface area contributed by atoms with Crippen LogP contribution in [0.15, 0.2) is 41.6 Å². The van der Waals surface area contributed by atoms with E-state index in [1.54, 1.807) is 28.4 Å². The third kappa shape index (κ3) is 3.34. The number of aryl methyl sites for hydroxylation is 1. The van der Waals surface area contributed by atoms with E-state index in [1.165, 1.54) is 0 Å². The van der Waals surface area contributed by atoms with E-state index in [2.05, 4.69) is 11.4 Å². The Morgan fingerprint density at radius 3 is 2.17 bits per heavy atom. The van der Waals surface area contributed by atoms with Crippen LogP contribution in [0.25, 0.3) is 0 Å². The number of carbonyl (C=O) groups excluding carboxylic acids is 1. The number of hydrogen-bond acceptors (Lipinski definition) is 6. The molecule has 1 atom stereocenters. The molecule has 154 valence electrons. The van der Waals surface area contributed by atoms with Crippen molar-refractivity contribution in [2.75, 3.05) is 40.4 Å². The van der Waals surface area contributed by atoms with Crippen LogP contribution < -0.4 is 19.5 Å². The summed E-state index contributed by atoms with van der Waals surface area (Å²) in [6.45, 7) is 4.36. The number of nitrogens with one attached hydrogen (secondary N) is 1. The van der Waals surface area contributed by atoms with Crippen molar-refractivity contribution in [1.82, 2.24) is 0 Å². The maximum Gasteiger partial charge on any atom is 0.203 e. The Balaban J connectivity index is 2.37. The highest BCUT2D eigenvalue weighted by Crippen LogP contribution is 2.50. The van der Waals surface area contributed by atoms with Gasteiger partial charge in [-0.2, -0.15) is 0 Å². The van der Waals surface area contributed by atoms with Crippen LogP contribution >= 0.6 is 0 Å². The smallest absolute Gasteiger partial charge is 0.203 e. The van der Waals surface area contributed by atoms with Gasteiger partial charge in [0.15, 0.2) is 11.5 Å². The Labute approximate surface area is 171 Å². The monoisotopic (exact) mass is 397 g/mol. The minimum Gasteiger partial charge on any atom is -0.493 e. The normalized spacial score (nSPS) is 18.0. The van der Waals surface area contributed by atoms with E-state index in [1.807, 2.05) is 38.1 Å². The lowest BCUT2D eigenvalue weighted by atomic mass is 9.68. The van der Waals surface area contributed by atoms with Crippen LogP contribution in [0.4, 0.5) is 5.69 Å². The molecule has 0 saturated heterocycles. The third-order valence-electron chi connectivity index (χ3n) is 5.51. The average molecular weight is 397 g/mol. The molecule has 1 aliphatic rings. The number of rotatable bonds is 7. The summed E-state index contributed by atoms with van der Waals surface area (Å²) in [7, 11) is 6.34. The third-order valence-corrected chi connectivity index (χ3v) is 5.51. The number of aldehydes is 1. The fourth-order valence-electron chi connectivity index (χ4n) is 4.00. The largest absolute Gasteiger partial charge is 0.493 e. The van der Waals surface area contributed by atoms with Gasteiger partial charge < -0.3 is 24.3 Å². The zero-order valence-electron chi connectivity index (χ0n) is 17.7. The number of hydrogen-bond donors (Lipinski definition) is 1. The van der Waals surface area contributed by atoms with Crippen molar-refractivity contribution in [2.45, 2.75) is 19.3 Å². The van der Waals surface area contributed by atoms with Gasteiger partial charge in [-0.3, -0.25) is 4.79 Å². The molecule has 0 radical (unpaired) electrons. The number of carbonyl (C=O) groups is 1. The Hall–Kier alpha value is -2.99. The predicted molar refractivity (Wildman–Crippen MR) is 112 cm³/mol. The van der Waals surface area contributed by atoms with Gasteiger partial charge >= 0.3 is 0 Å². The Kier molecular flexibility index (Phi) is 5.84. The summed E-state index contributed by atoms with van der Waals surface area (Å²) in [6.07, 6.45) is 0.896. The molecule has 0 spiro atoms. The molecule has 1 N–H and O–H groups in total. The van der Waals surface area contributed by atoms with Crippen LogP contribution in [0.2, 0.25) is 0 Å². The summed E-state index contributed by atoms with van der Waals surface area (Å²) in [5.74, 6) is 1.58. The van der Waals surface area contributed by atoms with Gasteiger partial charge in [0.2, 0.25) is 5.75 Å². The van der Waals surface area contributed by atoms with Crippen molar-refractivity contribution >= 4 is 12.0 Å². The van der Waals surface area contributed by atoms with Crippen LogP contribution in [0.5, 0.6) is 17.2 Å². The summed E-state index contributed by atoms with van der Waals surface area (Å²) in [4.78, 5) is 12.3. The van der Waals surface area contributed by atoms with Gasteiger partial charge in [-0.05, 0) is 48.7 Å². The molecule has 1 heterocycles. The number of ether oxygens (including phenoxy) is 4. The molecule has 1 aliphatic heterocycles. The van der Waals surface area contributed by atoms with Gasteiger partial charge in [-0.1, -0.05) is 12.1 Å². The topological polar surface area (TPSA) is 66.0 Å². The molecule has 6 nitrogen and oxygen atoms in total. The van der Waals surface area contributed by atoms with E-state index < -0.39 is 5.41 Å². The predicted octanol–water partition coefficient (Wildman–Crippen LogP) is 3.85. The molecule has 0 aromatic heterocycles. The standard InChI is InChI=1S/C23H27NO5/c1-14-7-8-16-18(9-14)24-19(13-26-3)17(12-25)23(16,2)15-10-20(27-4)22(29-6)21(11-15)28-5/h7-12,24H,13H2,1-6H3. The highest BCUT2D eigenvalue weighted by Gasteiger charge is 2.41. The van der Waals surface area contributed by atoms with Crippen molar-refractivity contribution in [3.8, 4) is 17.2 Å². The zero-order chi connectivity index (χ0) is 21.2. The van der Waals surface area contributed by atoms with Gasteiger partial charge in [-0.15, -0.1) is 0 Å². The lowest BCUT2D eigenvalue weighted by molar-refractivity contribution is -0.105. The number of allylic oxidation sites excluding steroid dienone is 1. The zero-order valence-corrected chi connectivity index (χ0v) is 17.7. The molecular formula is C23H27NO5. The molecule has 3 rings (SSSR count). The Morgan fingerprint density at radius 1 is 1.00 bits per heavy atom. The van der Waals surface area contributed by atoms with Crippen LogP contribution in [0.1, 0.15) is 23.6 Å². The van der Waals surface area contributed by atoms with E-state index in [0.717, 1.165) is 34.4 Å². The molecule has 2 aromatic rings. The molecule has 0 bridgehead atoms. The first-order valence-electron chi connectivity index (χ1n) is 9.30. The molecule has 1 unspecified atom stereocenters. The van der Waals surface area contributed by atoms with E-state index in [0.29, 0.717) is 29.4 Å². The number of anilines is 1. The van der Waals surface area contributed by atoms with Crippen molar-refractivity contribution in [3.63, 3.8) is 0 Å². The fourth-order valence-corrected chi connectivity index (χ4v) is 4.00. The lowest BCUT2D eigenvalue weighted by Gasteiger charge is -2.39. The Bertz CT molecular complexity index is 941. The number of benzene rings is 2. The second-order valence-corrected chi connectivity index (χ2v) is 7.16. The number of fused-ring (bicyclic) bond motifs is 1. The maximum atomic E-state index is 12.3. The van der Waals surface area contributed by atoms with Crippen molar-refractivity contribution in [3.05, 3.63) is 58.3 Å². The minimum absolute atomic E-state index is 0.293. The lowest BCUT2D eigenvalue weighted by Crippen LogP contribution is -2.35. The van der Waals surface area contributed by atoms with E-state index >= 15 is 0 Å². The van der Waals surface area contributed by atoms with Gasteiger partial charge in [-0.25, -0.2) is 0 Å². The van der Waals surface area contributed by atoms with E-state index in [9.17, 15) is 4.79 Å². The van der Waals surface area contributed by atoms with Crippen molar-refractivity contribution in [2.24, 2.45) is 0 Å². The van der Waals surface area contributed by atoms with Gasteiger partial charge in [0.1, 0.15) is 6.29 Å². The highest BCUT2D eigenvalue weighted by atomic mass is 16.5. The van der Waals surface area contributed by atoms with Gasteiger partial charge in [0.25, 0.3) is 0 Å². The molecule has 0 saturated carbocycles. The maximum absolute atomic E-state index is 12.3. The van der Waals surface area contributed by atoms with Crippen molar-refractivity contribution in [1.29, 1.82) is 0 Å². The fraction of sp³-hybridized carbons (Fsp3) is 0.348. The molecule has 6 heteroatoms. The van der Waals surface area contributed by atoms with Crippen LogP contribution in [0.3, 0.4) is 0 Å². The summed E-state index contributed by atoms with van der Waals surface area (Å²) in [6, 6.07) is 9.95. The molecule has 0 aliphatic carbocycles. The molecule has 2 aromatic carbocycles. The second-order valence-electron chi connectivity index (χ2n) is 7.16. The van der Waals surface area contributed by atoms with Crippen molar-refractivity contribution < 1.29 is 23.7 Å². The SMILES string of the molecule is COCC1=C(C=O)C(C)(c2cc(OC)c(OC)c(OC)c2)c2ccc(C)cc2N1. The number of methoxy groups -OCH3 is 4. The first kappa shape index (κ1) is 20.7. The van der Waals surface area contributed by atoms with Crippen LogP contribution in [-0.4, -0.2) is 41.3 Å². The Morgan fingerprint density at radius 2 is 1.66 bits per heavy atom. The highest BCUT2D eigenvalue weighted by molar-refractivity contribution is 5.87. The molecular weight excluding hydrogens is 370 g/mol. The second kappa shape index (κ2) is 8.17. The molecule has 29 heavy (non-hydrogen) atoms. The summed E-state index contributed by atoms with van der Waals surface area (Å²) >= 11 is 0. The first-order valence-corrected chi connectivity index (χ1v) is 9.30. The van der Waals surface area contributed by atoms with Crippen LogP contribution in [-0.2, 0) is 14.9 Å². The molecule has 0 amide bonds. The quantitative estimate of drug-likeness (QED) is 0.716. The average Bonchev–Trinajstić information content (AvgIpc) is 2.72. The summed E-state index contributed by atoms with van der Waals surface area (Å²) in [5, 5.41) is 3.38.